The Bertz CT molecular complexity index is 442. The Kier molecular flexibility index (Phi) is 2.99. The third-order valence-corrected chi connectivity index (χ3v) is 2.73. The molecule has 0 aromatic carbocycles. The predicted molar refractivity (Wildman–Crippen MR) is 60.8 cm³/mol. The van der Waals surface area contributed by atoms with Crippen molar-refractivity contribution in [1.29, 1.82) is 0 Å². The highest BCUT2D eigenvalue weighted by atomic mass is 16.2. The fourth-order valence-corrected chi connectivity index (χ4v) is 1.81. The van der Waals surface area contributed by atoms with Gasteiger partial charge in [0.15, 0.2) is 0 Å². The van der Waals surface area contributed by atoms with Gasteiger partial charge in [0, 0.05) is 19.8 Å². The van der Waals surface area contributed by atoms with E-state index < -0.39 is 6.04 Å². The van der Waals surface area contributed by atoms with Crippen molar-refractivity contribution in [2.45, 2.75) is 19.0 Å². The third-order valence-electron chi connectivity index (χ3n) is 2.73. The number of nitrogens with two attached hydrogens (primary N) is 1. The second-order valence-corrected chi connectivity index (χ2v) is 4.11. The Morgan fingerprint density at radius 3 is 3.00 bits per heavy atom. The maximum absolute atomic E-state index is 11.6. The van der Waals surface area contributed by atoms with Crippen molar-refractivity contribution in [3.05, 3.63) is 12.3 Å². The minimum absolute atomic E-state index is 0.0432. The van der Waals surface area contributed by atoms with E-state index in [0.717, 1.165) is 0 Å². The molecule has 1 fully saturated rings. The molecule has 92 valence electrons. The van der Waals surface area contributed by atoms with Crippen molar-refractivity contribution in [2.24, 2.45) is 0 Å². The molecule has 0 saturated carbocycles. The maximum Gasteiger partial charge on any atom is 0.244 e. The van der Waals surface area contributed by atoms with Crippen LogP contribution in [0.2, 0.25) is 0 Å². The quantitative estimate of drug-likeness (QED) is 0.691. The monoisotopic (exact) mass is 237 g/mol. The van der Waals surface area contributed by atoms with Crippen LogP contribution in [0.3, 0.4) is 0 Å². The molecule has 0 bridgehead atoms. The molecule has 0 spiro atoms. The first-order valence-corrected chi connectivity index (χ1v) is 5.39. The fraction of sp³-hybridized carbons (Fsp3) is 0.500. The summed E-state index contributed by atoms with van der Waals surface area (Å²) in [6.45, 7) is 0.753. The summed E-state index contributed by atoms with van der Waals surface area (Å²) in [7, 11) is 1.72. The molecule has 0 aliphatic carbocycles. The number of nitrogen functional groups attached to an aromatic ring is 1. The Morgan fingerprint density at radius 1 is 1.71 bits per heavy atom. The average Bonchev–Trinajstić information content (AvgIpc) is 2.79. The van der Waals surface area contributed by atoms with E-state index in [-0.39, 0.29) is 18.4 Å². The Balaban J connectivity index is 1.88. The zero-order chi connectivity index (χ0) is 12.4. The third kappa shape index (κ3) is 2.55. The molecule has 1 aliphatic rings. The van der Waals surface area contributed by atoms with E-state index in [9.17, 15) is 9.59 Å². The van der Waals surface area contributed by atoms with Crippen molar-refractivity contribution >= 4 is 17.6 Å². The SMILES string of the molecule is CN1CCC(NC(=O)Cn2ccc(N)n2)C1=O. The number of hydrogen-bond acceptors (Lipinski definition) is 4. The molecule has 1 aliphatic heterocycles. The van der Waals surface area contributed by atoms with Crippen LogP contribution >= 0.6 is 0 Å². The molecule has 1 aromatic heterocycles. The van der Waals surface area contributed by atoms with E-state index in [1.807, 2.05) is 0 Å². The van der Waals surface area contributed by atoms with Gasteiger partial charge in [0.2, 0.25) is 11.8 Å². The molecule has 17 heavy (non-hydrogen) atoms. The number of anilines is 1. The van der Waals surface area contributed by atoms with Crippen LogP contribution in [0.5, 0.6) is 0 Å². The minimum atomic E-state index is -0.402. The first-order valence-electron chi connectivity index (χ1n) is 5.39. The van der Waals surface area contributed by atoms with Crippen molar-refractivity contribution in [1.82, 2.24) is 20.0 Å². The summed E-state index contributed by atoms with van der Waals surface area (Å²) in [4.78, 5) is 24.8. The van der Waals surface area contributed by atoms with Crippen molar-refractivity contribution in [3.8, 4) is 0 Å². The van der Waals surface area contributed by atoms with E-state index >= 15 is 0 Å². The molecular weight excluding hydrogens is 222 g/mol. The number of aromatic nitrogens is 2. The van der Waals surface area contributed by atoms with Crippen LogP contribution in [-0.2, 0) is 16.1 Å². The van der Waals surface area contributed by atoms with E-state index in [4.69, 9.17) is 5.73 Å². The lowest BCUT2D eigenvalue weighted by atomic mass is 10.2. The van der Waals surface area contributed by atoms with Crippen LogP contribution in [0, 0.1) is 0 Å². The first-order chi connectivity index (χ1) is 8.06. The summed E-state index contributed by atoms with van der Waals surface area (Å²) in [5.74, 6) is 0.0922. The number of carbonyl (C=O) groups is 2. The lowest BCUT2D eigenvalue weighted by Crippen LogP contribution is -2.42. The second-order valence-electron chi connectivity index (χ2n) is 4.11. The molecule has 7 heteroatoms. The molecule has 2 heterocycles. The Hall–Kier alpha value is -2.05. The normalized spacial score (nSPS) is 19.7. The van der Waals surface area contributed by atoms with E-state index in [2.05, 4.69) is 10.4 Å². The van der Waals surface area contributed by atoms with Crippen molar-refractivity contribution in [2.75, 3.05) is 19.3 Å². The lowest BCUT2D eigenvalue weighted by molar-refractivity contribution is -0.132. The number of nitrogens with one attached hydrogen (secondary N) is 1. The zero-order valence-corrected chi connectivity index (χ0v) is 9.59. The smallest absolute Gasteiger partial charge is 0.244 e. The fourth-order valence-electron chi connectivity index (χ4n) is 1.81. The van der Waals surface area contributed by atoms with Gasteiger partial charge < -0.3 is 16.0 Å². The van der Waals surface area contributed by atoms with Gasteiger partial charge in [-0.15, -0.1) is 0 Å². The predicted octanol–water partition coefficient (Wildman–Crippen LogP) is -1.19. The van der Waals surface area contributed by atoms with E-state index in [1.165, 1.54) is 4.68 Å². The maximum atomic E-state index is 11.6. The van der Waals surface area contributed by atoms with Crippen LogP contribution in [0.15, 0.2) is 12.3 Å². The Morgan fingerprint density at radius 2 is 2.47 bits per heavy atom. The number of likely N-dealkylation sites (N-methyl/N-ethyl adjacent to an activating group) is 1. The van der Waals surface area contributed by atoms with E-state index in [1.54, 1.807) is 24.2 Å². The number of likely N-dealkylation sites (tertiary alicyclic amines) is 1. The van der Waals surface area contributed by atoms with Gasteiger partial charge in [0.1, 0.15) is 18.4 Å². The van der Waals surface area contributed by atoms with Gasteiger partial charge in [-0.25, -0.2) is 0 Å². The summed E-state index contributed by atoms with van der Waals surface area (Å²) >= 11 is 0. The number of carbonyl (C=O) groups excluding carboxylic acids is 2. The summed E-state index contributed by atoms with van der Waals surface area (Å²) in [5.41, 5.74) is 5.43. The number of amides is 2. The number of hydrogen-bond donors (Lipinski definition) is 2. The van der Waals surface area contributed by atoms with Gasteiger partial charge in [0.05, 0.1) is 0 Å². The average molecular weight is 237 g/mol. The number of rotatable bonds is 3. The molecule has 1 atom stereocenters. The highest BCUT2D eigenvalue weighted by molar-refractivity contribution is 5.88. The molecule has 2 amide bonds. The van der Waals surface area contributed by atoms with Crippen LogP contribution in [0.25, 0.3) is 0 Å². The molecule has 1 aromatic rings. The molecule has 2 rings (SSSR count). The van der Waals surface area contributed by atoms with Crippen LogP contribution in [0.1, 0.15) is 6.42 Å². The van der Waals surface area contributed by atoms with Crippen LogP contribution in [-0.4, -0.2) is 46.1 Å². The van der Waals surface area contributed by atoms with Crippen molar-refractivity contribution < 1.29 is 9.59 Å². The molecule has 7 nitrogen and oxygen atoms in total. The zero-order valence-electron chi connectivity index (χ0n) is 9.59. The van der Waals surface area contributed by atoms with Crippen molar-refractivity contribution in [3.63, 3.8) is 0 Å². The molecule has 0 radical (unpaired) electrons. The largest absolute Gasteiger partial charge is 0.382 e. The van der Waals surface area contributed by atoms with Gasteiger partial charge in [-0.1, -0.05) is 0 Å². The summed E-state index contributed by atoms with van der Waals surface area (Å²) in [6.07, 6.45) is 2.28. The molecule has 1 unspecified atom stereocenters. The molecular formula is C10H15N5O2. The lowest BCUT2D eigenvalue weighted by Gasteiger charge is -2.12. The standard InChI is InChI=1S/C10H15N5O2/c1-14-4-2-7(10(14)17)12-9(16)6-15-5-3-8(11)13-15/h3,5,7H,2,4,6H2,1H3,(H2,11,13)(H,12,16). The summed E-state index contributed by atoms with van der Waals surface area (Å²) in [5, 5.41) is 6.58. The highest BCUT2D eigenvalue weighted by Gasteiger charge is 2.30. The summed E-state index contributed by atoms with van der Waals surface area (Å²) in [6, 6.07) is 1.21. The van der Waals surface area contributed by atoms with Crippen LogP contribution < -0.4 is 11.1 Å². The molecule has 1 saturated heterocycles. The molecule has 3 N–H and O–H groups in total. The van der Waals surface area contributed by atoms with Gasteiger partial charge in [-0.3, -0.25) is 14.3 Å². The van der Waals surface area contributed by atoms with Crippen LogP contribution in [0.4, 0.5) is 5.82 Å². The van der Waals surface area contributed by atoms with E-state index in [0.29, 0.717) is 18.8 Å². The van der Waals surface area contributed by atoms with Gasteiger partial charge in [0.25, 0.3) is 0 Å². The topological polar surface area (TPSA) is 93.2 Å². The first kappa shape index (κ1) is 11.4. The second kappa shape index (κ2) is 4.44. The number of nitrogens with zero attached hydrogens (tertiary/aromatic N) is 3. The van der Waals surface area contributed by atoms with Gasteiger partial charge in [-0.2, -0.15) is 5.10 Å². The summed E-state index contributed by atoms with van der Waals surface area (Å²) < 4.78 is 1.44. The van der Waals surface area contributed by atoms with Gasteiger partial charge in [-0.05, 0) is 12.5 Å². The highest BCUT2D eigenvalue weighted by Crippen LogP contribution is 2.08. The minimum Gasteiger partial charge on any atom is -0.382 e. The Labute approximate surface area is 98.6 Å². The van der Waals surface area contributed by atoms with Gasteiger partial charge >= 0.3 is 0 Å².